The Balaban J connectivity index is 3.60. The molecule has 1 aromatic carbocycles. The van der Waals surface area contributed by atoms with Crippen LogP contribution < -0.4 is 5.46 Å². The third-order valence-corrected chi connectivity index (χ3v) is 1.52. The molecule has 0 N–H and O–H groups in total. The van der Waals surface area contributed by atoms with Crippen molar-refractivity contribution in [3.8, 4) is 0 Å². The molecule has 5 heteroatoms. The van der Waals surface area contributed by atoms with E-state index >= 15 is 0 Å². The summed E-state index contributed by atoms with van der Waals surface area (Å²) >= 11 is 0. The summed E-state index contributed by atoms with van der Waals surface area (Å²) in [7, 11) is 4.80. The van der Waals surface area contributed by atoms with Gasteiger partial charge < -0.3 is 0 Å². The fourth-order valence-electron chi connectivity index (χ4n) is 0.774. The van der Waals surface area contributed by atoms with E-state index in [0.29, 0.717) is 0 Å². The van der Waals surface area contributed by atoms with E-state index < -0.39 is 34.3 Å². The standard InChI is InChI=1S/C7H3BF4/c1-2-4(9)3(8)6(11)7(12)5(2)10/h1H3. The van der Waals surface area contributed by atoms with Crippen molar-refractivity contribution >= 4 is 13.3 Å². The van der Waals surface area contributed by atoms with Crippen molar-refractivity contribution in [3.63, 3.8) is 0 Å². The Labute approximate surface area is 67.6 Å². The summed E-state index contributed by atoms with van der Waals surface area (Å²) in [5.74, 6) is -6.23. The van der Waals surface area contributed by atoms with E-state index in [4.69, 9.17) is 7.85 Å². The SMILES string of the molecule is [B]c1c(F)c(C)c(F)c(F)c1F. The van der Waals surface area contributed by atoms with Gasteiger partial charge >= 0.3 is 0 Å². The van der Waals surface area contributed by atoms with E-state index in [2.05, 4.69) is 0 Å². The van der Waals surface area contributed by atoms with Crippen LogP contribution in [0.5, 0.6) is 0 Å². The molecule has 0 fully saturated rings. The average molecular weight is 174 g/mol. The third kappa shape index (κ3) is 1.09. The molecule has 0 saturated heterocycles. The van der Waals surface area contributed by atoms with Crippen LogP contribution >= 0.6 is 0 Å². The van der Waals surface area contributed by atoms with Crippen LogP contribution in [-0.2, 0) is 0 Å². The zero-order chi connectivity index (χ0) is 9.46. The van der Waals surface area contributed by atoms with E-state index in [0.717, 1.165) is 6.92 Å². The first-order chi connectivity index (χ1) is 5.46. The van der Waals surface area contributed by atoms with E-state index in [1.54, 1.807) is 0 Å². The second kappa shape index (κ2) is 2.81. The van der Waals surface area contributed by atoms with Crippen LogP contribution in [0.4, 0.5) is 17.6 Å². The number of hydrogen-bond acceptors (Lipinski definition) is 0. The van der Waals surface area contributed by atoms with Crippen LogP contribution in [0, 0.1) is 30.2 Å². The summed E-state index contributed by atoms with van der Waals surface area (Å²) in [4.78, 5) is 0. The topological polar surface area (TPSA) is 0 Å². The smallest absolute Gasteiger partial charge is 0.194 e. The summed E-state index contributed by atoms with van der Waals surface area (Å²) in [5.41, 5.74) is -1.61. The molecule has 1 rings (SSSR count). The lowest BCUT2D eigenvalue weighted by Crippen LogP contribution is -2.19. The van der Waals surface area contributed by atoms with E-state index in [9.17, 15) is 17.6 Å². The number of benzene rings is 1. The lowest BCUT2D eigenvalue weighted by atomic mass is 9.92. The van der Waals surface area contributed by atoms with Gasteiger partial charge in [0.25, 0.3) is 0 Å². The molecule has 0 aliphatic rings. The predicted octanol–water partition coefficient (Wildman–Crippen LogP) is 1.35. The van der Waals surface area contributed by atoms with Crippen molar-refractivity contribution < 1.29 is 17.6 Å². The van der Waals surface area contributed by atoms with Gasteiger partial charge in [-0.3, -0.25) is 0 Å². The van der Waals surface area contributed by atoms with Gasteiger partial charge in [0.1, 0.15) is 13.7 Å². The highest BCUT2D eigenvalue weighted by molar-refractivity contribution is 6.32. The van der Waals surface area contributed by atoms with Crippen LogP contribution in [0.1, 0.15) is 5.56 Å². The van der Waals surface area contributed by atoms with Crippen LogP contribution in [0.15, 0.2) is 0 Å². The molecule has 0 atom stereocenters. The normalized spacial score (nSPS) is 10.4. The minimum absolute atomic E-state index is 0.619. The molecule has 0 nitrogen and oxygen atoms in total. The van der Waals surface area contributed by atoms with Crippen molar-refractivity contribution in [3.05, 3.63) is 28.8 Å². The maximum absolute atomic E-state index is 12.7. The monoisotopic (exact) mass is 174 g/mol. The zero-order valence-corrected chi connectivity index (χ0v) is 6.09. The fraction of sp³-hybridized carbons (Fsp3) is 0.143. The van der Waals surface area contributed by atoms with Gasteiger partial charge in [0.2, 0.25) is 0 Å². The van der Waals surface area contributed by atoms with Gasteiger partial charge in [-0.2, -0.15) is 0 Å². The summed E-state index contributed by atoms with van der Waals surface area (Å²) in [6.07, 6.45) is 0. The van der Waals surface area contributed by atoms with E-state index in [1.165, 1.54) is 0 Å². The molecule has 2 radical (unpaired) electrons. The highest BCUT2D eigenvalue weighted by Gasteiger charge is 2.19. The molecule has 12 heavy (non-hydrogen) atoms. The zero-order valence-electron chi connectivity index (χ0n) is 6.09. The second-order valence-corrected chi connectivity index (χ2v) is 2.29. The molecule has 1 aromatic rings. The highest BCUT2D eigenvalue weighted by Crippen LogP contribution is 2.15. The molecule has 0 bridgehead atoms. The molecule has 62 valence electrons. The Morgan fingerprint density at radius 1 is 0.833 bits per heavy atom. The Bertz CT molecular complexity index is 230. The van der Waals surface area contributed by atoms with Crippen molar-refractivity contribution in [1.29, 1.82) is 0 Å². The summed E-state index contributed by atoms with van der Waals surface area (Å²) in [5, 5.41) is 0. The number of rotatable bonds is 0. The predicted molar refractivity (Wildman–Crippen MR) is 36.4 cm³/mol. The van der Waals surface area contributed by atoms with Crippen molar-refractivity contribution in [2.45, 2.75) is 6.92 Å². The van der Waals surface area contributed by atoms with Gasteiger partial charge in [-0.25, -0.2) is 17.6 Å². The molecule has 0 amide bonds. The average Bonchev–Trinajstić information content (AvgIpc) is 2.08. The minimum atomic E-state index is -1.74. The quantitative estimate of drug-likeness (QED) is 0.241. The Morgan fingerprint density at radius 2 is 1.33 bits per heavy atom. The number of halogens is 4. The van der Waals surface area contributed by atoms with Crippen molar-refractivity contribution in [2.24, 2.45) is 0 Å². The first-order valence-electron chi connectivity index (χ1n) is 3.04. The summed E-state index contributed by atoms with van der Waals surface area (Å²) < 4.78 is 50.1. The Morgan fingerprint density at radius 3 is 1.83 bits per heavy atom. The van der Waals surface area contributed by atoms with Gasteiger partial charge in [0, 0.05) is 5.56 Å². The minimum Gasteiger partial charge on any atom is -0.207 e. The largest absolute Gasteiger partial charge is 0.207 e. The molecule has 0 heterocycles. The first kappa shape index (κ1) is 9.10. The molecule has 0 spiro atoms. The second-order valence-electron chi connectivity index (χ2n) is 2.29. The van der Waals surface area contributed by atoms with Crippen LogP contribution in [0.2, 0.25) is 0 Å². The molecule has 0 aliphatic carbocycles. The fourth-order valence-corrected chi connectivity index (χ4v) is 0.774. The first-order valence-corrected chi connectivity index (χ1v) is 3.04. The molecular weight excluding hydrogens is 171 g/mol. The molecular formula is C7H3BF4. The van der Waals surface area contributed by atoms with Crippen LogP contribution in [0.3, 0.4) is 0 Å². The van der Waals surface area contributed by atoms with Gasteiger partial charge in [0.05, 0.1) is 0 Å². The van der Waals surface area contributed by atoms with E-state index in [1.807, 2.05) is 0 Å². The summed E-state index contributed by atoms with van der Waals surface area (Å²) in [6, 6.07) is 0. The molecule has 0 saturated carbocycles. The maximum atomic E-state index is 12.7. The van der Waals surface area contributed by atoms with Crippen molar-refractivity contribution in [2.75, 3.05) is 0 Å². The third-order valence-electron chi connectivity index (χ3n) is 1.52. The lowest BCUT2D eigenvalue weighted by molar-refractivity contribution is 0.435. The molecule has 0 aromatic heterocycles. The lowest BCUT2D eigenvalue weighted by Gasteiger charge is -2.05. The van der Waals surface area contributed by atoms with Gasteiger partial charge in [-0.15, -0.1) is 0 Å². The van der Waals surface area contributed by atoms with Gasteiger partial charge in [-0.05, 0) is 12.4 Å². The maximum Gasteiger partial charge on any atom is 0.194 e. The highest BCUT2D eigenvalue weighted by atomic mass is 19.2. The number of hydrogen-bond donors (Lipinski definition) is 0. The van der Waals surface area contributed by atoms with E-state index in [-0.39, 0.29) is 0 Å². The van der Waals surface area contributed by atoms with Gasteiger partial charge in [0.15, 0.2) is 17.5 Å². The Kier molecular flexibility index (Phi) is 2.13. The molecule has 0 aliphatic heterocycles. The summed E-state index contributed by atoms with van der Waals surface area (Å²) in [6.45, 7) is 0.976. The Hall–Kier alpha value is -0.995. The van der Waals surface area contributed by atoms with Gasteiger partial charge in [-0.1, -0.05) is 0 Å². The van der Waals surface area contributed by atoms with Crippen LogP contribution in [-0.4, -0.2) is 7.85 Å². The van der Waals surface area contributed by atoms with Crippen molar-refractivity contribution in [1.82, 2.24) is 0 Å². The molecule has 0 unspecified atom stereocenters. The van der Waals surface area contributed by atoms with Crippen LogP contribution in [0.25, 0.3) is 0 Å².